The summed E-state index contributed by atoms with van der Waals surface area (Å²) in [6.45, 7) is 0.254. The quantitative estimate of drug-likeness (QED) is 0.299. The third-order valence-electron chi connectivity index (χ3n) is 1.04. The first kappa shape index (κ1) is 10.3. The number of hydrogen-bond acceptors (Lipinski definition) is 5. The van der Waals surface area contributed by atoms with Gasteiger partial charge in [0.25, 0.3) is 0 Å². The molecule has 0 fully saturated rings. The first-order valence-electron chi connectivity index (χ1n) is 2.95. The minimum Gasteiger partial charge on any atom is -0.480 e. The van der Waals surface area contributed by atoms with Crippen LogP contribution in [-0.2, 0) is 4.79 Å². The first-order valence-corrected chi connectivity index (χ1v) is 2.95. The van der Waals surface area contributed by atoms with Crippen molar-refractivity contribution in [1.29, 1.82) is 0 Å². The van der Waals surface area contributed by atoms with E-state index in [-0.39, 0.29) is 0 Å². The summed E-state index contributed by atoms with van der Waals surface area (Å²) < 4.78 is 0. The van der Waals surface area contributed by atoms with Crippen LogP contribution in [0.1, 0.15) is 6.92 Å². The molecule has 11 heavy (non-hydrogen) atoms. The molecule has 0 aromatic heterocycles. The summed E-state index contributed by atoms with van der Waals surface area (Å²) in [5.74, 6) is -3.76. The van der Waals surface area contributed by atoms with Crippen LogP contribution in [0.3, 0.4) is 0 Å². The Balaban J connectivity index is 3.93. The minimum absolute atomic E-state index is 0.968. The van der Waals surface area contributed by atoms with Crippen LogP contribution in [-0.4, -0.2) is 45.0 Å². The lowest BCUT2D eigenvalue weighted by molar-refractivity contribution is -0.215. The average Bonchev–Trinajstić information content (AvgIpc) is 1.87. The van der Waals surface area contributed by atoms with Gasteiger partial charge in [0, 0.05) is 0 Å². The molecule has 0 heterocycles. The van der Waals surface area contributed by atoms with Gasteiger partial charge in [0.05, 0.1) is 0 Å². The van der Waals surface area contributed by atoms with E-state index in [1.165, 1.54) is 6.92 Å². The fourth-order valence-electron chi connectivity index (χ4n) is 0.454. The molecular weight excluding hydrogens is 154 g/mol. The van der Waals surface area contributed by atoms with Gasteiger partial charge in [0.1, 0.15) is 12.6 Å². The zero-order chi connectivity index (χ0) is 9.07. The lowest BCUT2D eigenvalue weighted by Crippen LogP contribution is -2.54. The highest BCUT2D eigenvalue weighted by Gasteiger charge is 2.26. The van der Waals surface area contributed by atoms with Crippen molar-refractivity contribution in [3.05, 3.63) is 0 Å². The Bertz CT molecular complexity index is 146. The molecule has 0 saturated heterocycles. The van der Waals surface area contributed by atoms with Gasteiger partial charge in [0.2, 0.25) is 5.91 Å². The minimum atomic E-state index is -2.53. The van der Waals surface area contributed by atoms with Crippen molar-refractivity contribution in [2.75, 3.05) is 6.61 Å². The van der Waals surface area contributed by atoms with E-state index in [1.807, 2.05) is 5.32 Å². The Hall–Kier alpha value is -0.690. The van der Waals surface area contributed by atoms with Crippen molar-refractivity contribution >= 4 is 5.97 Å². The summed E-state index contributed by atoms with van der Waals surface area (Å²) in [4.78, 5) is 10.1. The zero-order valence-corrected chi connectivity index (χ0v) is 5.98. The van der Waals surface area contributed by atoms with Crippen LogP contribution in [0.5, 0.6) is 0 Å². The number of rotatable bonds is 4. The van der Waals surface area contributed by atoms with E-state index in [4.69, 9.17) is 20.4 Å². The molecule has 6 heteroatoms. The van der Waals surface area contributed by atoms with Crippen LogP contribution in [0, 0.1) is 0 Å². The molecule has 0 rings (SSSR count). The van der Waals surface area contributed by atoms with E-state index in [0.29, 0.717) is 0 Å². The average molecular weight is 165 g/mol. The van der Waals surface area contributed by atoms with Gasteiger partial charge in [-0.25, -0.2) is 0 Å². The van der Waals surface area contributed by atoms with Crippen LogP contribution < -0.4 is 5.32 Å². The molecule has 0 aliphatic carbocycles. The summed E-state index contributed by atoms with van der Waals surface area (Å²) in [7, 11) is 0. The molecule has 0 saturated carbocycles. The van der Waals surface area contributed by atoms with Gasteiger partial charge in [-0.3, -0.25) is 10.1 Å². The summed E-state index contributed by atoms with van der Waals surface area (Å²) >= 11 is 0. The largest absolute Gasteiger partial charge is 0.480 e. The molecule has 1 atom stereocenters. The third kappa shape index (κ3) is 3.89. The maximum atomic E-state index is 10.1. The molecule has 0 bridgehead atoms. The van der Waals surface area contributed by atoms with Gasteiger partial charge in [-0.15, -0.1) is 0 Å². The van der Waals surface area contributed by atoms with Crippen molar-refractivity contribution in [3.63, 3.8) is 0 Å². The third-order valence-corrected chi connectivity index (χ3v) is 1.04. The van der Waals surface area contributed by atoms with Gasteiger partial charge < -0.3 is 20.4 Å². The lowest BCUT2D eigenvalue weighted by Gasteiger charge is -2.22. The van der Waals surface area contributed by atoms with Crippen LogP contribution in [0.25, 0.3) is 0 Å². The maximum absolute atomic E-state index is 10.1. The summed E-state index contributed by atoms with van der Waals surface area (Å²) in [6.07, 6.45) is 0. The van der Waals surface area contributed by atoms with Crippen molar-refractivity contribution in [3.8, 4) is 0 Å². The van der Waals surface area contributed by atoms with E-state index < -0.39 is 24.5 Å². The van der Waals surface area contributed by atoms with E-state index in [1.54, 1.807) is 0 Å². The number of carboxylic acids is 1. The topological polar surface area (TPSA) is 110 Å². The Morgan fingerprint density at radius 2 is 2.09 bits per heavy atom. The second-order valence-corrected chi connectivity index (χ2v) is 2.18. The molecule has 0 amide bonds. The van der Waals surface area contributed by atoms with Crippen molar-refractivity contribution in [1.82, 2.24) is 5.32 Å². The highest BCUT2D eigenvalue weighted by Crippen LogP contribution is 1.94. The van der Waals surface area contributed by atoms with Gasteiger partial charge in [-0.05, 0) is 6.92 Å². The standard InChI is InChI=1S/C5H11NO5/c1-3(4(8)9)6-5(10,11)2-7/h3,6-7,10-11H,2H2,1H3,(H,8,9). The van der Waals surface area contributed by atoms with Gasteiger partial charge in [-0.2, -0.15) is 0 Å². The summed E-state index contributed by atoms with van der Waals surface area (Å²) in [6, 6.07) is -1.13. The molecule has 0 aromatic rings. The normalized spacial score (nSPS) is 14.5. The number of aliphatic hydroxyl groups is 3. The molecule has 6 nitrogen and oxygen atoms in total. The molecule has 1 unspecified atom stereocenters. The molecule has 0 aromatic carbocycles. The lowest BCUT2D eigenvalue weighted by atomic mass is 10.3. The van der Waals surface area contributed by atoms with Crippen LogP contribution in [0.2, 0.25) is 0 Å². The highest BCUT2D eigenvalue weighted by molar-refractivity contribution is 5.72. The highest BCUT2D eigenvalue weighted by atomic mass is 16.5. The van der Waals surface area contributed by atoms with Gasteiger partial charge >= 0.3 is 5.97 Å². The first-order chi connectivity index (χ1) is 4.89. The Morgan fingerprint density at radius 1 is 1.64 bits per heavy atom. The molecule has 66 valence electrons. The SMILES string of the molecule is CC(NC(O)(O)CO)C(=O)O. The monoisotopic (exact) mass is 165 g/mol. The predicted octanol–water partition coefficient (Wildman–Crippen LogP) is -2.32. The Kier molecular flexibility index (Phi) is 3.40. The van der Waals surface area contributed by atoms with Crippen LogP contribution in [0.4, 0.5) is 0 Å². The van der Waals surface area contributed by atoms with Crippen LogP contribution in [0.15, 0.2) is 0 Å². The van der Waals surface area contributed by atoms with Crippen LogP contribution >= 0.6 is 0 Å². The number of carbonyl (C=O) groups is 1. The Labute approximate surface area is 63.1 Å². The molecular formula is C5H11NO5. The molecule has 0 aliphatic heterocycles. The Morgan fingerprint density at radius 3 is 2.36 bits per heavy atom. The van der Waals surface area contributed by atoms with Gasteiger partial charge in [-0.1, -0.05) is 0 Å². The molecule has 0 aliphatic rings. The maximum Gasteiger partial charge on any atom is 0.320 e. The second kappa shape index (κ2) is 3.63. The number of hydrogen-bond donors (Lipinski definition) is 5. The number of carboxylic acid groups (broad SMARTS) is 1. The van der Waals surface area contributed by atoms with Crippen molar-refractivity contribution in [2.45, 2.75) is 18.9 Å². The number of aliphatic hydroxyl groups excluding tert-OH is 1. The predicted molar refractivity (Wildman–Crippen MR) is 34.5 cm³/mol. The van der Waals surface area contributed by atoms with Crippen molar-refractivity contribution < 1.29 is 25.2 Å². The summed E-state index contributed by atoms with van der Waals surface area (Å²) in [5, 5.41) is 35.8. The van der Waals surface area contributed by atoms with Crippen molar-refractivity contribution in [2.24, 2.45) is 0 Å². The molecule has 5 N–H and O–H groups in total. The van der Waals surface area contributed by atoms with E-state index in [2.05, 4.69) is 0 Å². The van der Waals surface area contributed by atoms with E-state index >= 15 is 0 Å². The fourth-order valence-corrected chi connectivity index (χ4v) is 0.454. The smallest absolute Gasteiger partial charge is 0.320 e. The van der Waals surface area contributed by atoms with E-state index in [0.717, 1.165) is 0 Å². The molecule has 0 spiro atoms. The summed E-state index contributed by atoms with van der Waals surface area (Å²) in [5.41, 5.74) is 0. The van der Waals surface area contributed by atoms with Gasteiger partial charge in [0.15, 0.2) is 0 Å². The molecule has 0 radical (unpaired) electrons. The van der Waals surface area contributed by atoms with E-state index in [9.17, 15) is 4.79 Å². The number of aliphatic carboxylic acids is 1. The zero-order valence-electron chi connectivity index (χ0n) is 5.98. The second-order valence-electron chi connectivity index (χ2n) is 2.18. The fraction of sp³-hybridized carbons (Fsp3) is 0.800. The number of nitrogens with one attached hydrogen (secondary N) is 1.